The first-order chi connectivity index (χ1) is 18.3. The maximum atomic E-state index is 14.7. The molecule has 0 bridgehead atoms. The van der Waals surface area contributed by atoms with Crippen LogP contribution in [0.15, 0.2) is 59.5 Å². The molecule has 39 heavy (non-hydrogen) atoms. The average molecular weight is 558 g/mol. The summed E-state index contributed by atoms with van der Waals surface area (Å²) in [5.74, 6) is -2.64. The van der Waals surface area contributed by atoms with Gasteiger partial charge in [-0.1, -0.05) is 32.0 Å². The Bertz CT molecular complexity index is 1510. The lowest BCUT2D eigenvalue weighted by atomic mass is 9.99. The summed E-state index contributed by atoms with van der Waals surface area (Å²) in [4.78, 5) is 13.7. The average Bonchev–Trinajstić information content (AvgIpc) is 2.93. The van der Waals surface area contributed by atoms with Crippen LogP contribution in [-0.2, 0) is 10.0 Å². The van der Waals surface area contributed by atoms with E-state index in [4.69, 9.17) is 0 Å². The van der Waals surface area contributed by atoms with Crippen molar-refractivity contribution in [3.8, 4) is 11.1 Å². The number of sulfonamides is 1. The second-order valence-electron chi connectivity index (χ2n) is 10.5. The van der Waals surface area contributed by atoms with Crippen LogP contribution in [0, 0.1) is 17.6 Å². The SMILES string of the molecule is CC(C)C[C@@H]1CN(C(C)C)c2cc(Nc3ccccc3F)c(-c3ccc(F)c(C(=O)O)c3)cc2S(=O)(=O)N1C. The molecule has 1 aliphatic heterocycles. The standard InChI is InChI=1S/C29H33F2N3O4S/c1-17(2)12-20-16-34(18(3)4)27-15-26(32-25-9-7-6-8-24(25)31)21(14-28(27)39(37,38)33(20)5)19-10-11-23(30)22(13-19)29(35)36/h6-11,13-15,17-18,20,32H,12,16H2,1-5H3,(H,35,36)/t20-/m1/s1. The fourth-order valence-electron chi connectivity index (χ4n) is 4.95. The number of aromatic carboxylic acids is 1. The van der Waals surface area contributed by atoms with E-state index in [2.05, 4.69) is 5.32 Å². The number of anilines is 3. The fraction of sp³-hybridized carbons (Fsp3) is 0.345. The molecule has 10 heteroatoms. The third-order valence-electron chi connectivity index (χ3n) is 7.01. The lowest BCUT2D eigenvalue weighted by Crippen LogP contribution is -2.44. The zero-order valence-electron chi connectivity index (χ0n) is 22.6. The van der Waals surface area contributed by atoms with Gasteiger partial charge in [-0.25, -0.2) is 22.0 Å². The zero-order chi connectivity index (χ0) is 28.6. The highest BCUT2D eigenvalue weighted by atomic mass is 32.2. The Morgan fingerprint density at radius 3 is 2.33 bits per heavy atom. The summed E-state index contributed by atoms with van der Waals surface area (Å²) >= 11 is 0. The minimum atomic E-state index is -3.98. The van der Waals surface area contributed by atoms with E-state index in [1.165, 1.54) is 22.5 Å². The smallest absolute Gasteiger partial charge is 0.338 e. The van der Waals surface area contributed by atoms with E-state index >= 15 is 0 Å². The molecule has 1 atom stereocenters. The summed E-state index contributed by atoms with van der Waals surface area (Å²) in [5, 5.41) is 12.6. The van der Waals surface area contributed by atoms with Crippen molar-refractivity contribution in [1.82, 2.24) is 4.31 Å². The molecule has 0 unspecified atom stereocenters. The molecule has 1 aliphatic rings. The van der Waals surface area contributed by atoms with E-state index in [-0.39, 0.29) is 34.1 Å². The molecule has 0 saturated heterocycles. The van der Waals surface area contributed by atoms with Gasteiger partial charge < -0.3 is 15.3 Å². The van der Waals surface area contributed by atoms with Crippen LogP contribution in [0.2, 0.25) is 0 Å². The van der Waals surface area contributed by atoms with Crippen LogP contribution in [0.5, 0.6) is 0 Å². The van der Waals surface area contributed by atoms with Gasteiger partial charge in [-0.3, -0.25) is 0 Å². The lowest BCUT2D eigenvalue weighted by Gasteiger charge is -2.33. The Hall–Kier alpha value is -3.50. The molecule has 0 spiro atoms. The van der Waals surface area contributed by atoms with Crippen LogP contribution in [0.25, 0.3) is 11.1 Å². The number of halogens is 2. The Kier molecular flexibility index (Phi) is 7.99. The van der Waals surface area contributed by atoms with Gasteiger partial charge in [0.25, 0.3) is 0 Å². The van der Waals surface area contributed by atoms with Crippen LogP contribution >= 0.6 is 0 Å². The van der Waals surface area contributed by atoms with Crippen molar-refractivity contribution >= 4 is 33.1 Å². The molecule has 0 amide bonds. The van der Waals surface area contributed by atoms with Crippen LogP contribution in [-0.4, -0.2) is 49.5 Å². The number of fused-ring (bicyclic) bond motifs is 1. The van der Waals surface area contributed by atoms with Crippen molar-refractivity contribution in [2.45, 2.75) is 51.1 Å². The first-order valence-electron chi connectivity index (χ1n) is 12.8. The highest BCUT2D eigenvalue weighted by Crippen LogP contribution is 2.43. The maximum Gasteiger partial charge on any atom is 0.338 e. The third kappa shape index (κ3) is 5.62. The zero-order valence-corrected chi connectivity index (χ0v) is 23.4. The van der Waals surface area contributed by atoms with Gasteiger partial charge in [0.2, 0.25) is 10.0 Å². The minimum absolute atomic E-state index is 0.0419. The van der Waals surface area contributed by atoms with Gasteiger partial charge in [-0.2, -0.15) is 4.31 Å². The van der Waals surface area contributed by atoms with Crippen molar-refractivity contribution in [2.24, 2.45) is 5.92 Å². The molecule has 0 radical (unpaired) electrons. The second-order valence-corrected chi connectivity index (χ2v) is 12.5. The van der Waals surface area contributed by atoms with Crippen molar-refractivity contribution in [3.63, 3.8) is 0 Å². The number of carboxylic acids is 1. The van der Waals surface area contributed by atoms with Gasteiger partial charge >= 0.3 is 5.97 Å². The van der Waals surface area contributed by atoms with Gasteiger partial charge in [0.15, 0.2) is 0 Å². The molecule has 0 saturated carbocycles. The first-order valence-corrected chi connectivity index (χ1v) is 14.2. The predicted molar refractivity (Wildman–Crippen MR) is 149 cm³/mol. The van der Waals surface area contributed by atoms with E-state index in [1.54, 1.807) is 31.3 Å². The number of hydrogen-bond acceptors (Lipinski definition) is 5. The molecule has 2 N–H and O–H groups in total. The first kappa shape index (κ1) is 28.5. The number of benzene rings is 3. The molecular weight excluding hydrogens is 524 g/mol. The molecule has 1 heterocycles. The van der Waals surface area contributed by atoms with E-state index in [0.29, 0.717) is 29.9 Å². The van der Waals surface area contributed by atoms with Crippen LogP contribution < -0.4 is 10.2 Å². The lowest BCUT2D eigenvalue weighted by molar-refractivity contribution is 0.0692. The molecule has 0 aromatic heterocycles. The van der Waals surface area contributed by atoms with E-state index < -0.39 is 33.2 Å². The maximum absolute atomic E-state index is 14.7. The Labute approximate surface area is 228 Å². The normalized spacial score (nSPS) is 17.3. The minimum Gasteiger partial charge on any atom is -0.478 e. The summed E-state index contributed by atoms with van der Waals surface area (Å²) < 4.78 is 58.3. The van der Waals surface area contributed by atoms with Crippen molar-refractivity contribution in [2.75, 3.05) is 23.8 Å². The number of carboxylic acid groups (broad SMARTS) is 1. The Morgan fingerprint density at radius 2 is 1.72 bits per heavy atom. The summed E-state index contributed by atoms with van der Waals surface area (Å²) in [5.41, 5.74) is 0.968. The van der Waals surface area contributed by atoms with Gasteiger partial charge in [0.05, 0.1) is 16.9 Å². The molecule has 7 nitrogen and oxygen atoms in total. The summed E-state index contributed by atoms with van der Waals surface area (Å²) in [7, 11) is -2.41. The summed E-state index contributed by atoms with van der Waals surface area (Å²) in [6.07, 6.45) is 0.653. The number of nitrogens with one attached hydrogen (secondary N) is 1. The Balaban J connectivity index is 2.02. The van der Waals surface area contributed by atoms with Gasteiger partial charge in [0, 0.05) is 36.9 Å². The summed E-state index contributed by atoms with van der Waals surface area (Å²) in [6.45, 7) is 8.50. The molecular formula is C29H33F2N3O4S. The highest BCUT2D eigenvalue weighted by Gasteiger charge is 2.38. The topological polar surface area (TPSA) is 90.0 Å². The van der Waals surface area contributed by atoms with E-state index in [0.717, 1.165) is 12.1 Å². The molecule has 0 aliphatic carbocycles. The third-order valence-corrected chi connectivity index (χ3v) is 8.94. The Morgan fingerprint density at radius 1 is 1.03 bits per heavy atom. The predicted octanol–water partition coefficient (Wildman–Crippen LogP) is 6.34. The summed E-state index contributed by atoms with van der Waals surface area (Å²) in [6, 6.07) is 12.4. The van der Waals surface area contributed by atoms with Crippen molar-refractivity contribution < 1.29 is 27.1 Å². The van der Waals surface area contributed by atoms with Gasteiger partial charge in [-0.15, -0.1) is 0 Å². The monoisotopic (exact) mass is 557 g/mol. The van der Waals surface area contributed by atoms with Crippen LogP contribution in [0.4, 0.5) is 25.8 Å². The number of carbonyl (C=O) groups is 1. The fourth-order valence-corrected chi connectivity index (χ4v) is 6.52. The molecule has 208 valence electrons. The number of rotatable bonds is 7. The molecule has 3 aromatic rings. The van der Waals surface area contributed by atoms with Crippen LogP contribution in [0.1, 0.15) is 44.5 Å². The highest BCUT2D eigenvalue weighted by molar-refractivity contribution is 7.89. The number of nitrogens with zero attached hydrogens (tertiary/aromatic N) is 2. The van der Waals surface area contributed by atoms with Crippen LogP contribution in [0.3, 0.4) is 0 Å². The molecule has 3 aromatic carbocycles. The van der Waals surface area contributed by atoms with E-state index in [9.17, 15) is 27.1 Å². The molecule has 0 fully saturated rings. The quantitative estimate of drug-likeness (QED) is 0.353. The largest absolute Gasteiger partial charge is 0.478 e. The van der Waals surface area contributed by atoms with Crippen molar-refractivity contribution in [3.05, 3.63) is 71.8 Å². The van der Waals surface area contributed by atoms with Gasteiger partial charge in [-0.05, 0) is 68.1 Å². The van der Waals surface area contributed by atoms with Gasteiger partial charge in [0.1, 0.15) is 16.5 Å². The number of hydrogen-bond donors (Lipinski definition) is 2. The number of likely N-dealkylation sites (N-methyl/N-ethyl adjacent to an activating group) is 1. The second kappa shape index (κ2) is 10.9. The van der Waals surface area contributed by atoms with E-state index in [1.807, 2.05) is 32.6 Å². The molecule has 4 rings (SSSR count). The van der Waals surface area contributed by atoms with Crippen molar-refractivity contribution in [1.29, 1.82) is 0 Å². The number of para-hydroxylation sites is 1.